The van der Waals surface area contributed by atoms with Crippen molar-refractivity contribution in [2.75, 3.05) is 11.8 Å². The summed E-state index contributed by atoms with van der Waals surface area (Å²) in [7, 11) is -2.40. The molecule has 1 aliphatic rings. The lowest BCUT2D eigenvalue weighted by molar-refractivity contribution is 0.210. The number of hydrogen-bond acceptors (Lipinski definition) is 4. The van der Waals surface area contributed by atoms with Gasteiger partial charge in [0.15, 0.2) is 0 Å². The molecule has 0 aliphatic heterocycles. The smallest absolute Gasteiger partial charge is 0.265 e. The molecule has 3 rings (SSSR count). The number of ether oxygens (including phenoxy) is 2. The van der Waals surface area contributed by atoms with Gasteiger partial charge in [0.1, 0.15) is 16.4 Å². The van der Waals surface area contributed by atoms with E-state index in [-0.39, 0.29) is 16.7 Å². The standard InChI is InChI=1S/C18H20ClNO4S/c1-23-17-11-6-13(19)12-18(17)25(21,22)20-14-7-9-16(10-8-14)24-15-4-2-3-5-15/h6-12,15,20H,2-5H2,1H3. The number of halogens is 1. The fourth-order valence-electron chi connectivity index (χ4n) is 2.87. The first-order valence-corrected chi connectivity index (χ1v) is 9.97. The van der Waals surface area contributed by atoms with Crippen LogP contribution in [0.25, 0.3) is 0 Å². The van der Waals surface area contributed by atoms with Crippen LogP contribution in [0.15, 0.2) is 47.4 Å². The van der Waals surface area contributed by atoms with E-state index < -0.39 is 10.0 Å². The highest BCUT2D eigenvalue weighted by molar-refractivity contribution is 7.92. The summed E-state index contributed by atoms with van der Waals surface area (Å²) in [6.45, 7) is 0. The molecule has 0 radical (unpaired) electrons. The highest BCUT2D eigenvalue weighted by atomic mass is 35.5. The van der Waals surface area contributed by atoms with Crippen molar-refractivity contribution in [1.82, 2.24) is 0 Å². The summed E-state index contributed by atoms with van der Waals surface area (Å²) in [6.07, 6.45) is 4.80. The van der Waals surface area contributed by atoms with Gasteiger partial charge in [0.25, 0.3) is 10.0 Å². The molecular weight excluding hydrogens is 362 g/mol. The molecule has 5 nitrogen and oxygen atoms in total. The number of benzene rings is 2. The summed E-state index contributed by atoms with van der Waals surface area (Å²) in [5, 5.41) is 0.321. The van der Waals surface area contributed by atoms with Crippen molar-refractivity contribution in [3.8, 4) is 11.5 Å². The van der Waals surface area contributed by atoms with Crippen molar-refractivity contribution in [2.45, 2.75) is 36.7 Å². The Kier molecular flexibility index (Phi) is 5.39. The Morgan fingerprint density at radius 1 is 1.08 bits per heavy atom. The Bertz CT molecular complexity index is 831. The largest absolute Gasteiger partial charge is 0.495 e. The maximum Gasteiger partial charge on any atom is 0.265 e. The van der Waals surface area contributed by atoms with Gasteiger partial charge >= 0.3 is 0 Å². The Labute approximate surface area is 153 Å². The lowest BCUT2D eigenvalue weighted by Gasteiger charge is -2.14. The van der Waals surface area contributed by atoms with Crippen LogP contribution in [0.3, 0.4) is 0 Å². The third-order valence-corrected chi connectivity index (χ3v) is 5.76. The third-order valence-electron chi connectivity index (χ3n) is 4.13. The molecule has 0 aromatic heterocycles. The number of rotatable bonds is 6. The summed E-state index contributed by atoms with van der Waals surface area (Å²) in [5.74, 6) is 0.980. The predicted octanol–water partition coefficient (Wildman–Crippen LogP) is 4.47. The maximum atomic E-state index is 12.6. The van der Waals surface area contributed by atoms with Crippen LogP contribution in [-0.2, 0) is 10.0 Å². The van der Waals surface area contributed by atoms with Crippen LogP contribution in [0, 0.1) is 0 Å². The van der Waals surface area contributed by atoms with Gasteiger partial charge in [-0.2, -0.15) is 0 Å². The first-order chi connectivity index (χ1) is 12.0. The van der Waals surface area contributed by atoms with Gasteiger partial charge < -0.3 is 9.47 Å². The van der Waals surface area contributed by atoms with Gasteiger partial charge in [-0.15, -0.1) is 0 Å². The van der Waals surface area contributed by atoms with E-state index in [1.165, 1.54) is 32.1 Å². The molecule has 0 spiro atoms. The molecule has 0 bridgehead atoms. The molecule has 1 aliphatic carbocycles. The van der Waals surface area contributed by atoms with Crippen molar-refractivity contribution >= 4 is 27.3 Å². The van der Waals surface area contributed by atoms with Gasteiger partial charge in [-0.3, -0.25) is 4.72 Å². The van der Waals surface area contributed by atoms with Crippen LogP contribution in [0.2, 0.25) is 5.02 Å². The predicted molar refractivity (Wildman–Crippen MR) is 98.1 cm³/mol. The Hall–Kier alpha value is -1.92. The van der Waals surface area contributed by atoms with Crippen molar-refractivity contribution in [3.63, 3.8) is 0 Å². The van der Waals surface area contributed by atoms with Crippen molar-refractivity contribution in [2.24, 2.45) is 0 Å². The first kappa shape index (κ1) is 17.9. The molecule has 0 saturated heterocycles. The zero-order valence-electron chi connectivity index (χ0n) is 13.9. The fraction of sp³-hybridized carbons (Fsp3) is 0.333. The van der Waals surface area contributed by atoms with Crippen molar-refractivity contribution in [3.05, 3.63) is 47.5 Å². The van der Waals surface area contributed by atoms with E-state index in [2.05, 4.69) is 4.72 Å². The number of methoxy groups -OCH3 is 1. The van der Waals surface area contributed by atoms with Gasteiger partial charge in [-0.25, -0.2) is 8.42 Å². The molecule has 2 aromatic carbocycles. The second-order valence-electron chi connectivity index (χ2n) is 5.95. The van der Waals surface area contributed by atoms with Crippen LogP contribution in [0.5, 0.6) is 11.5 Å². The quantitative estimate of drug-likeness (QED) is 0.801. The number of nitrogens with one attached hydrogen (secondary N) is 1. The van der Waals surface area contributed by atoms with Gasteiger partial charge in [0.05, 0.1) is 13.2 Å². The van der Waals surface area contributed by atoms with E-state index in [1.54, 1.807) is 30.3 Å². The highest BCUT2D eigenvalue weighted by Gasteiger charge is 2.21. The molecule has 0 amide bonds. The molecule has 0 atom stereocenters. The maximum absolute atomic E-state index is 12.6. The van der Waals surface area contributed by atoms with Crippen LogP contribution >= 0.6 is 11.6 Å². The minimum absolute atomic E-state index is 0.00576. The molecule has 0 unspecified atom stereocenters. The van der Waals surface area contributed by atoms with Crippen LogP contribution < -0.4 is 14.2 Å². The average Bonchev–Trinajstić information content (AvgIpc) is 3.09. The van der Waals surface area contributed by atoms with E-state index in [0.717, 1.165) is 18.6 Å². The van der Waals surface area contributed by atoms with Gasteiger partial charge in [-0.05, 0) is 68.1 Å². The zero-order chi connectivity index (χ0) is 17.9. The van der Waals surface area contributed by atoms with E-state index >= 15 is 0 Å². The summed E-state index contributed by atoms with van der Waals surface area (Å²) in [4.78, 5) is -0.00576. The van der Waals surface area contributed by atoms with Crippen LogP contribution in [0.4, 0.5) is 5.69 Å². The Morgan fingerprint density at radius 2 is 1.76 bits per heavy atom. The number of hydrogen-bond donors (Lipinski definition) is 1. The van der Waals surface area contributed by atoms with Crippen molar-refractivity contribution < 1.29 is 17.9 Å². The minimum atomic E-state index is -3.81. The van der Waals surface area contributed by atoms with E-state index in [1.807, 2.05) is 0 Å². The number of sulfonamides is 1. The molecule has 7 heteroatoms. The molecule has 0 heterocycles. The summed E-state index contributed by atoms with van der Waals surface area (Å²) < 4.78 is 38.8. The molecular formula is C18H20ClNO4S. The monoisotopic (exact) mass is 381 g/mol. The van der Waals surface area contributed by atoms with E-state index in [9.17, 15) is 8.42 Å². The lowest BCUT2D eigenvalue weighted by Crippen LogP contribution is -2.14. The van der Waals surface area contributed by atoms with Crippen LogP contribution in [0.1, 0.15) is 25.7 Å². The summed E-state index contributed by atoms with van der Waals surface area (Å²) in [6, 6.07) is 11.4. The first-order valence-electron chi connectivity index (χ1n) is 8.11. The molecule has 2 aromatic rings. The summed E-state index contributed by atoms with van der Waals surface area (Å²) in [5.41, 5.74) is 0.445. The molecule has 1 fully saturated rings. The molecule has 134 valence electrons. The second kappa shape index (κ2) is 7.54. The second-order valence-corrected chi connectivity index (χ2v) is 8.04. The van der Waals surface area contributed by atoms with Crippen molar-refractivity contribution in [1.29, 1.82) is 0 Å². The molecule has 1 saturated carbocycles. The fourth-order valence-corrected chi connectivity index (χ4v) is 4.36. The Morgan fingerprint density at radius 3 is 2.40 bits per heavy atom. The summed E-state index contributed by atoms with van der Waals surface area (Å²) >= 11 is 5.92. The highest BCUT2D eigenvalue weighted by Crippen LogP contribution is 2.30. The topological polar surface area (TPSA) is 64.6 Å². The minimum Gasteiger partial charge on any atom is -0.495 e. The third kappa shape index (κ3) is 4.38. The SMILES string of the molecule is COc1ccc(Cl)cc1S(=O)(=O)Nc1ccc(OC2CCCC2)cc1. The van der Waals surface area contributed by atoms with Gasteiger partial charge in [-0.1, -0.05) is 11.6 Å². The van der Waals surface area contributed by atoms with E-state index in [0.29, 0.717) is 10.7 Å². The van der Waals surface area contributed by atoms with Gasteiger partial charge in [0.2, 0.25) is 0 Å². The zero-order valence-corrected chi connectivity index (χ0v) is 15.4. The van der Waals surface area contributed by atoms with Gasteiger partial charge in [0, 0.05) is 10.7 Å². The normalized spacial score (nSPS) is 15.1. The van der Waals surface area contributed by atoms with E-state index in [4.69, 9.17) is 21.1 Å². The molecule has 25 heavy (non-hydrogen) atoms. The van der Waals surface area contributed by atoms with Crippen LogP contribution in [-0.4, -0.2) is 21.6 Å². The Balaban J connectivity index is 1.75. The average molecular weight is 382 g/mol. The number of anilines is 1. The lowest BCUT2D eigenvalue weighted by atomic mass is 10.3. The molecule has 1 N–H and O–H groups in total.